The Labute approximate surface area is 202 Å². The van der Waals surface area contributed by atoms with Gasteiger partial charge in [0.1, 0.15) is 11.5 Å². The summed E-state index contributed by atoms with van der Waals surface area (Å²) in [6.07, 6.45) is 3.10. The average molecular weight is 468 g/mol. The number of Topliss-reactive ketones (excluding diaryl/α,β-unsaturated/α-hetero) is 1. The van der Waals surface area contributed by atoms with E-state index >= 15 is 0 Å². The molecule has 5 unspecified atom stereocenters. The maximum absolute atomic E-state index is 13.2. The first-order chi connectivity index (χ1) is 16.3. The van der Waals surface area contributed by atoms with Crippen molar-refractivity contribution in [2.75, 3.05) is 51.3 Å². The molecule has 2 heterocycles. The molecule has 2 saturated heterocycles. The zero-order chi connectivity index (χ0) is 24.0. The summed E-state index contributed by atoms with van der Waals surface area (Å²) >= 11 is 0. The lowest BCUT2D eigenvalue weighted by molar-refractivity contribution is -0.157. The van der Waals surface area contributed by atoms with Gasteiger partial charge in [-0.05, 0) is 49.3 Å². The number of hydrogen-bond acceptors (Lipinski definition) is 6. The Bertz CT molecular complexity index is 972. The molecule has 7 heteroatoms. The molecule has 1 aromatic rings. The van der Waals surface area contributed by atoms with Gasteiger partial charge in [-0.25, -0.2) is 0 Å². The van der Waals surface area contributed by atoms with Gasteiger partial charge in [-0.1, -0.05) is 26.0 Å². The lowest BCUT2D eigenvalue weighted by atomic mass is 9.48. The van der Waals surface area contributed by atoms with Crippen LogP contribution in [0.15, 0.2) is 24.3 Å². The Balaban J connectivity index is 1.11. The molecular weight excluding hydrogens is 430 g/mol. The van der Waals surface area contributed by atoms with Crippen LogP contribution < -0.4 is 9.64 Å². The van der Waals surface area contributed by atoms with E-state index in [-0.39, 0.29) is 40.8 Å². The molecule has 2 aliphatic heterocycles. The number of hydrogen-bond donors (Lipinski definition) is 0. The molecule has 34 heavy (non-hydrogen) atoms. The first-order valence-corrected chi connectivity index (χ1v) is 12.8. The minimum absolute atomic E-state index is 0.0210. The van der Waals surface area contributed by atoms with E-state index in [9.17, 15) is 14.4 Å². The van der Waals surface area contributed by atoms with Gasteiger partial charge in [-0.3, -0.25) is 24.2 Å². The van der Waals surface area contributed by atoms with E-state index in [0.29, 0.717) is 13.0 Å². The Morgan fingerprint density at radius 2 is 1.68 bits per heavy atom. The molecule has 0 radical (unpaired) electrons. The second kappa shape index (κ2) is 8.99. The predicted octanol–water partition coefficient (Wildman–Crippen LogP) is 2.83. The number of piperazine rings is 1. The quantitative estimate of drug-likeness (QED) is 0.454. The fraction of sp³-hybridized carbons (Fsp3) is 0.667. The number of para-hydroxylation sites is 2. The molecule has 3 aliphatic carbocycles. The minimum atomic E-state index is -0.412. The standard InChI is InChI=1S/C27H37N3O4/c1-18-16-27(2)17-20(31)22(18)23-24(27)26(33)30(25(23)32)11-7-6-10-28-12-14-29(15-13-28)19-8-4-5-9-21(19)34-3/h4-5,8-9,18,22-24H,6-7,10-17H2,1-3H3. The van der Waals surface area contributed by atoms with Crippen LogP contribution in [0.3, 0.4) is 0 Å². The van der Waals surface area contributed by atoms with Crippen molar-refractivity contribution in [2.45, 2.75) is 39.5 Å². The van der Waals surface area contributed by atoms with Crippen LogP contribution in [-0.4, -0.2) is 73.8 Å². The van der Waals surface area contributed by atoms with E-state index in [2.05, 4.69) is 22.8 Å². The number of methoxy groups -OCH3 is 1. The largest absolute Gasteiger partial charge is 0.495 e. The average Bonchev–Trinajstić information content (AvgIpc) is 3.07. The lowest BCUT2D eigenvalue weighted by Gasteiger charge is -2.52. The first-order valence-electron chi connectivity index (χ1n) is 12.8. The summed E-state index contributed by atoms with van der Waals surface area (Å²) in [4.78, 5) is 45.5. The maximum atomic E-state index is 13.2. The Morgan fingerprint density at radius 1 is 0.971 bits per heavy atom. The third-order valence-electron chi connectivity index (χ3n) is 8.84. The van der Waals surface area contributed by atoms with Gasteiger partial charge in [-0.2, -0.15) is 0 Å². The number of carbonyl (C=O) groups excluding carboxylic acids is 3. The number of fused-ring (bicyclic) bond motifs is 2. The molecule has 1 aromatic carbocycles. The molecule has 5 atom stereocenters. The second-order valence-electron chi connectivity index (χ2n) is 11.0. The van der Waals surface area contributed by atoms with Crippen molar-refractivity contribution in [3.63, 3.8) is 0 Å². The van der Waals surface area contributed by atoms with Gasteiger partial charge in [0, 0.05) is 45.1 Å². The number of imide groups is 1. The molecule has 0 aromatic heterocycles. The molecule has 7 nitrogen and oxygen atoms in total. The molecule has 5 aliphatic rings. The van der Waals surface area contributed by atoms with Crippen LogP contribution in [0.4, 0.5) is 5.69 Å². The van der Waals surface area contributed by atoms with E-state index in [1.807, 2.05) is 25.1 Å². The zero-order valence-corrected chi connectivity index (χ0v) is 20.7. The number of nitrogens with zero attached hydrogens (tertiary/aromatic N) is 3. The SMILES string of the molecule is COc1ccccc1N1CCN(CCCCN2C(=O)C3C4C(=O)CC(C)(CC4C)C3C2=O)CC1. The van der Waals surface area contributed by atoms with Crippen molar-refractivity contribution in [1.82, 2.24) is 9.80 Å². The monoisotopic (exact) mass is 467 g/mol. The highest BCUT2D eigenvalue weighted by atomic mass is 16.5. The van der Waals surface area contributed by atoms with E-state index < -0.39 is 5.92 Å². The Kier molecular flexibility index (Phi) is 6.17. The molecule has 5 fully saturated rings. The summed E-state index contributed by atoms with van der Waals surface area (Å²) in [5.74, 6) is 0.232. The van der Waals surface area contributed by atoms with Crippen LogP contribution in [0.2, 0.25) is 0 Å². The number of unbranched alkanes of at least 4 members (excludes halogenated alkanes) is 1. The maximum Gasteiger partial charge on any atom is 0.233 e. The number of anilines is 1. The van der Waals surface area contributed by atoms with Crippen LogP contribution >= 0.6 is 0 Å². The van der Waals surface area contributed by atoms with Crippen molar-refractivity contribution in [1.29, 1.82) is 0 Å². The molecule has 0 spiro atoms. The van der Waals surface area contributed by atoms with Gasteiger partial charge in [0.05, 0.1) is 24.6 Å². The van der Waals surface area contributed by atoms with Gasteiger partial charge >= 0.3 is 0 Å². The van der Waals surface area contributed by atoms with Gasteiger partial charge in [0.15, 0.2) is 0 Å². The number of rotatable bonds is 7. The summed E-state index contributed by atoms with van der Waals surface area (Å²) in [5, 5.41) is 0. The van der Waals surface area contributed by atoms with E-state index in [1.165, 1.54) is 4.90 Å². The van der Waals surface area contributed by atoms with Crippen molar-refractivity contribution < 1.29 is 19.1 Å². The van der Waals surface area contributed by atoms with Crippen LogP contribution in [0.1, 0.15) is 39.5 Å². The number of likely N-dealkylation sites (tertiary alicyclic amines) is 1. The molecule has 3 saturated carbocycles. The van der Waals surface area contributed by atoms with Gasteiger partial charge in [0.25, 0.3) is 0 Å². The van der Waals surface area contributed by atoms with Crippen molar-refractivity contribution in [3.05, 3.63) is 24.3 Å². The van der Waals surface area contributed by atoms with E-state index in [0.717, 1.165) is 63.4 Å². The fourth-order valence-electron chi connectivity index (χ4n) is 7.33. The van der Waals surface area contributed by atoms with Crippen LogP contribution in [-0.2, 0) is 14.4 Å². The van der Waals surface area contributed by atoms with Crippen LogP contribution in [0.5, 0.6) is 5.75 Å². The first kappa shape index (κ1) is 23.3. The van der Waals surface area contributed by atoms with Crippen LogP contribution in [0.25, 0.3) is 0 Å². The van der Waals surface area contributed by atoms with E-state index in [1.54, 1.807) is 7.11 Å². The number of carbonyl (C=O) groups is 3. The lowest BCUT2D eigenvalue weighted by Crippen LogP contribution is -2.56. The summed E-state index contributed by atoms with van der Waals surface area (Å²) in [5.41, 5.74) is 0.797. The molecule has 0 N–H and O–H groups in total. The number of ketones is 1. The summed E-state index contributed by atoms with van der Waals surface area (Å²) in [6, 6.07) is 8.15. The van der Waals surface area contributed by atoms with E-state index in [4.69, 9.17) is 4.74 Å². The van der Waals surface area contributed by atoms with Gasteiger partial charge < -0.3 is 9.64 Å². The highest BCUT2D eigenvalue weighted by Crippen LogP contribution is 2.60. The zero-order valence-electron chi connectivity index (χ0n) is 20.7. The third-order valence-corrected chi connectivity index (χ3v) is 8.84. The molecule has 6 rings (SSSR count). The third kappa shape index (κ3) is 3.82. The molecular formula is C27H37N3O4. The number of ether oxygens (including phenoxy) is 1. The fourth-order valence-corrected chi connectivity index (χ4v) is 7.33. The molecule has 2 amide bonds. The topological polar surface area (TPSA) is 70.2 Å². The molecule has 184 valence electrons. The summed E-state index contributed by atoms with van der Waals surface area (Å²) in [7, 11) is 1.71. The number of benzene rings is 1. The number of amides is 2. The second-order valence-corrected chi connectivity index (χ2v) is 11.0. The predicted molar refractivity (Wildman–Crippen MR) is 130 cm³/mol. The highest BCUT2D eigenvalue weighted by molar-refractivity contribution is 6.09. The Hall–Kier alpha value is -2.41. The smallest absolute Gasteiger partial charge is 0.233 e. The van der Waals surface area contributed by atoms with Gasteiger partial charge in [-0.15, -0.1) is 0 Å². The summed E-state index contributed by atoms with van der Waals surface area (Å²) < 4.78 is 5.51. The Morgan fingerprint density at radius 3 is 2.38 bits per heavy atom. The van der Waals surface area contributed by atoms with Crippen molar-refractivity contribution >= 4 is 23.3 Å². The summed E-state index contributed by atoms with van der Waals surface area (Å²) in [6.45, 7) is 9.47. The normalized spacial score (nSPS) is 33.6. The molecule has 2 bridgehead atoms. The van der Waals surface area contributed by atoms with Gasteiger partial charge in [0.2, 0.25) is 11.8 Å². The van der Waals surface area contributed by atoms with Crippen molar-refractivity contribution in [2.24, 2.45) is 29.1 Å². The van der Waals surface area contributed by atoms with Crippen molar-refractivity contribution in [3.8, 4) is 5.75 Å². The minimum Gasteiger partial charge on any atom is -0.495 e. The van der Waals surface area contributed by atoms with Crippen LogP contribution in [0, 0.1) is 29.1 Å². The highest BCUT2D eigenvalue weighted by Gasteiger charge is 2.66.